The fourth-order valence-corrected chi connectivity index (χ4v) is 3.53. The van der Waals surface area contributed by atoms with Crippen LogP contribution in [0.2, 0.25) is 0 Å². The Morgan fingerprint density at radius 1 is 1.08 bits per heavy atom. The Morgan fingerprint density at radius 2 is 1.81 bits per heavy atom. The second-order valence-corrected chi connectivity index (χ2v) is 6.84. The number of benzene rings is 1. The summed E-state index contributed by atoms with van der Waals surface area (Å²) in [5.74, 6) is 0.889. The van der Waals surface area contributed by atoms with Gasteiger partial charge in [-0.3, -0.25) is 4.98 Å². The van der Waals surface area contributed by atoms with Gasteiger partial charge >= 0.3 is 0 Å². The molecule has 1 aromatic carbocycles. The summed E-state index contributed by atoms with van der Waals surface area (Å²) < 4.78 is 5.58. The molecular formula is C21H24N4O. The van der Waals surface area contributed by atoms with Crippen LogP contribution in [0.15, 0.2) is 65.4 Å². The predicted molar refractivity (Wildman–Crippen MR) is 103 cm³/mol. The molecule has 1 fully saturated rings. The number of nitrogens with one attached hydrogen (secondary N) is 1. The van der Waals surface area contributed by atoms with Crippen molar-refractivity contribution in [2.24, 2.45) is 0 Å². The molecule has 0 aliphatic carbocycles. The fraction of sp³-hybridized carbons (Fsp3) is 0.333. The second kappa shape index (κ2) is 7.70. The standard InChI is InChI=1S/C21H24N4O/c1-16(21-15-20(24-26-21)17-5-3-2-4-6-17)23-18-9-13-25(14-10-18)19-7-11-22-12-8-19/h2-8,11-12,15-16,18,23H,9-10,13-14H2,1H3. The van der Waals surface area contributed by atoms with E-state index in [4.69, 9.17) is 4.52 Å². The summed E-state index contributed by atoms with van der Waals surface area (Å²) in [5, 5.41) is 7.92. The summed E-state index contributed by atoms with van der Waals surface area (Å²) in [4.78, 5) is 6.52. The van der Waals surface area contributed by atoms with Crippen LogP contribution in [0, 0.1) is 0 Å². The molecule has 1 aliphatic rings. The SMILES string of the molecule is CC(NC1CCN(c2ccncc2)CC1)c1cc(-c2ccccc2)no1. The molecule has 0 radical (unpaired) electrons. The lowest BCUT2D eigenvalue weighted by atomic mass is 10.0. The zero-order chi connectivity index (χ0) is 17.8. The maximum atomic E-state index is 5.58. The highest BCUT2D eigenvalue weighted by atomic mass is 16.5. The van der Waals surface area contributed by atoms with Crippen molar-refractivity contribution in [1.29, 1.82) is 0 Å². The number of hydrogen-bond acceptors (Lipinski definition) is 5. The zero-order valence-electron chi connectivity index (χ0n) is 15.0. The summed E-state index contributed by atoms with van der Waals surface area (Å²) in [6.07, 6.45) is 5.95. The van der Waals surface area contributed by atoms with Crippen molar-refractivity contribution in [3.63, 3.8) is 0 Å². The number of rotatable bonds is 5. The quantitative estimate of drug-likeness (QED) is 0.754. The van der Waals surface area contributed by atoms with E-state index >= 15 is 0 Å². The Balaban J connectivity index is 1.33. The molecule has 2 aromatic heterocycles. The van der Waals surface area contributed by atoms with Gasteiger partial charge in [0.15, 0.2) is 5.76 Å². The van der Waals surface area contributed by atoms with E-state index in [1.54, 1.807) is 0 Å². The molecule has 3 aromatic rings. The number of anilines is 1. The van der Waals surface area contributed by atoms with E-state index < -0.39 is 0 Å². The minimum absolute atomic E-state index is 0.150. The fourth-order valence-electron chi connectivity index (χ4n) is 3.53. The molecule has 1 atom stereocenters. The first-order chi connectivity index (χ1) is 12.8. The van der Waals surface area contributed by atoms with Crippen LogP contribution < -0.4 is 10.2 Å². The lowest BCUT2D eigenvalue weighted by Gasteiger charge is -2.34. The number of aromatic nitrogens is 2. The number of pyridine rings is 1. The molecule has 5 heteroatoms. The third-order valence-electron chi connectivity index (χ3n) is 5.03. The van der Waals surface area contributed by atoms with E-state index in [9.17, 15) is 0 Å². The molecule has 1 aliphatic heterocycles. The van der Waals surface area contributed by atoms with Crippen molar-refractivity contribution < 1.29 is 4.52 Å². The molecule has 5 nitrogen and oxygen atoms in total. The molecule has 1 unspecified atom stereocenters. The van der Waals surface area contributed by atoms with Gasteiger partial charge < -0.3 is 14.7 Å². The maximum Gasteiger partial charge on any atom is 0.153 e. The van der Waals surface area contributed by atoms with Crippen LogP contribution >= 0.6 is 0 Å². The lowest BCUT2D eigenvalue weighted by molar-refractivity contribution is 0.313. The number of piperidine rings is 1. The highest BCUT2D eigenvalue weighted by Crippen LogP contribution is 2.24. The highest BCUT2D eigenvalue weighted by molar-refractivity contribution is 5.58. The third-order valence-corrected chi connectivity index (χ3v) is 5.03. The van der Waals surface area contributed by atoms with Crippen molar-refractivity contribution in [2.45, 2.75) is 31.8 Å². The Kier molecular flexibility index (Phi) is 4.97. The van der Waals surface area contributed by atoms with Crippen LogP contribution in [-0.4, -0.2) is 29.3 Å². The predicted octanol–water partition coefficient (Wildman–Crippen LogP) is 4.06. The molecule has 26 heavy (non-hydrogen) atoms. The zero-order valence-corrected chi connectivity index (χ0v) is 15.0. The first-order valence-corrected chi connectivity index (χ1v) is 9.22. The largest absolute Gasteiger partial charge is 0.371 e. The van der Waals surface area contributed by atoms with E-state index in [-0.39, 0.29) is 6.04 Å². The van der Waals surface area contributed by atoms with Gasteiger partial charge in [-0.15, -0.1) is 0 Å². The summed E-state index contributed by atoms with van der Waals surface area (Å²) >= 11 is 0. The lowest BCUT2D eigenvalue weighted by Crippen LogP contribution is -2.43. The van der Waals surface area contributed by atoms with Crippen LogP contribution in [0.4, 0.5) is 5.69 Å². The van der Waals surface area contributed by atoms with Crippen molar-refractivity contribution in [3.8, 4) is 11.3 Å². The smallest absolute Gasteiger partial charge is 0.153 e. The summed E-state index contributed by atoms with van der Waals surface area (Å²) in [5.41, 5.74) is 3.23. The number of nitrogens with zero attached hydrogens (tertiary/aromatic N) is 3. The van der Waals surface area contributed by atoms with Crippen molar-refractivity contribution in [3.05, 3.63) is 66.7 Å². The van der Waals surface area contributed by atoms with E-state index in [1.807, 2.05) is 36.7 Å². The molecular weight excluding hydrogens is 324 g/mol. The molecule has 134 valence electrons. The average Bonchev–Trinajstić information content (AvgIpc) is 3.20. The molecule has 0 spiro atoms. The van der Waals surface area contributed by atoms with E-state index in [1.165, 1.54) is 5.69 Å². The number of hydrogen-bond donors (Lipinski definition) is 1. The Bertz CT molecular complexity index is 810. The van der Waals surface area contributed by atoms with Gasteiger partial charge in [-0.1, -0.05) is 35.5 Å². The molecule has 3 heterocycles. The van der Waals surface area contributed by atoms with E-state index in [2.05, 4.69) is 51.5 Å². The summed E-state index contributed by atoms with van der Waals surface area (Å²) in [6.45, 7) is 4.25. The van der Waals surface area contributed by atoms with Crippen LogP contribution in [0.3, 0.4) is 0 Å². The average molecular weight is 348 g/mol. The van der Waals surface area contributed by atoms with Crippen molar-refractivity contribution >= 4 is 5.69 Å². The Hall–Kier alpha value is -2.66. The van der Waals surface area contributed by atoms with Gasteiger partial charge in [0.05, 0.1) is 6.04 Å². The first-order valence-electron chi connectivity index (χ1n) is 9.22. The normalized spacial score (nSPS) is 16.6. The Labute approximate surface area is 154 Å². The second-order valence-electron chi connectivity index (χ2n) is 6.84. The first kappa shape index (κ1) is 16.8. The molecule has 1 saturated heterocycles. The van der Waals surface area contributed by atoms with Gasteiger partial charge in [-0.2, -0.15) is 0 Å². The van der Waals surface area contributed by atoms with Crippen molar-refractivity contribution in [2.75, 3.05) is 18.0 Å². The van der Waals surface area contributed by atoms with Crippen LogP contribution in [0.1, 0.15) is 31.6 Å². The highest BCUT2D eigenvalue weighted by Gasteiger charge is 2.22. The van der Waals surface area contributed by atoms with E-state index in [0.29, 0.717) is 6.04 Å². The summed E-state index contributed by atoms with van der Waals surface area (Å²) in [7, 11) is 0. The van der Waals surface area contributed by atoms with Crippen LogP contribution in [0.25, 0.3) is 11.3 Å². The molecule has 0 amide bonds. The summed E-state index contributed by atoms with van der Waals surface area (Å²) in [6, 6.07) is 17.0. The van der Waals surface area contributed by atoms with Crippen LogP contribution in [0.5, 0.6) is 0 Å². The van der Waals surface area contributed by atoms with Gasteiger partial charge in [0, 0.05) is 48.8 Å². The van der Waals surface area contributed by atoms with Gasteiger partial charge in [-0.25, -0.2) is 0 Å². The van der Waals surface area contributed by atoms with Gasteiger partial charge in [0.25, 0.3) is 0 Å². The molecule has 0 saturated carbocycles. The molecule has 1 N–H and O–H groups in total. The molecule has 4 rings (SSSR count). The Morgan fingerprint density at radius 3 is 2.54 bits per heavy atom. The topological polar surface area (TPSA) is 54.2 Å². The van der Waals surface area contributed by atoms with Gasteiger partial charge in [-0.05, 0) is 31.9 Å². The monoisotopic (exact) mass is 348 g/mol. The maximum absolute atomic E-state index is 5.58. The van der Waals surface area contributed by atoms with Gasteiger partial charge in [0.2, 0.25) is 0 Å². The van der Waals surface area contributed by atoms with Crippen molar-refractivity contribution in [1.82, 2.24) is 15.5 Å². The van der Waals surface area contributed by atoms with Crippen LogP contribution in [-0.2, 0) is 0 Å². The minimum atomic E-state index is 0.150. The third kappa shape index (κ3) is 3.78. The minimum Gasteiger partial charge on any atom is -0.371 e. The van der Waals surface area contributed by atoms with E-state index in [0.717, 1.165) is 42.9 Å². The molecule has 0 bridgehead atoms. The van der Waals surface area contributed by atoms with Gasteiger partial charge in [0.1, 0.15) is 5.69 Å².